The fourth-order valence-corrected chi connectivity index (χ4v) is 11.5. The lowest BCUT2D eigenvalue weighted by molar-refractivity contribution is -0.151. The van der Waals surface area contributed by atoms with Gasteiger partial charge in [-0.2, -0.15) is 0 Å². The zero-order valence-electron chi connectivity index (χ0n) is 33.3. The Morgan fingerprint density at radius 3 is 2.20 bits per heavy atom. The van der Waals surface area contributed by atoms with Crippen molar-refractivity contribution in [3.8, 4) is 0 Å². The molecule has 278 valence electrons. The second-order valence-electron chi connectivity index (χ2n) is 17.9. The lowest BCUT2D eigenvalue weighted by atomic mass is 9.47. The Bertz CT molecular complexity index is 1110. The zero-order valence-corrected chi connectivity index (χ0v) is 33.3. The molecule has 0 aromatic carbocycles. The van der Waals surface area contributed by atoms with Gasteiger partial charge in [-0.15, -0.1) is 0 Å². The van der Waals surface area contributed by atoms with Gasteiger partial charge < -0.3 is 4.74 Å². The van der Waals surface area contributed by atoms with Crippen LogP contribution in [0.1, 0.15) is 183 Å². The molecule has 2 nitrogen and oxygen atoms in total. The summed E-state index contributed by atoms with van der Waals surface area (Å²) in [5, 5.41) is 0. The molecule has 3 saturated carbocycles. The van der Waals surface area contributed by atoms with Crippen molar-refractivity contribution in [3.05, 3.63) is 48.1 Å². The number of hydrogen-bond donors (Lipinski definition) is 0. The number of rotatable bonds is 20. The van der Waals surface area contributed by atoms with Gasteiger partial charge in [-0.05, 0) is 149 Å². The van der Waals surface area contributed by atoms with Gasteiger partial charge in [0.15, 0.2) is 0 Å². The minimum atomic E-state index is 0.0238. The van der Waals surface area contributed by atoms with Crippen LogP contribution < -0.4 is 0 Å². The number of fused-ring (bicyclic) bond motifs is 5. The second kappa shape index (κ2) is 19.9. The van der Waals surface area contributed by atoms with Gasteiger partial charge >= 0.3 is 5.97 Å². The highest BCUT2D eigenvalue weighted by atomic mass is 16.5. The number of carbonyl (C=O) groups is 1. The number of hydrogen-bond acceptors (Lipinski definition) is 2. The van der Waals surface area contributed by atoms with Crippen LogP contribution in [0.2, 0.25) is 0 Å². The van der Waals surface area contributed by atoms with Crippen LogP contribution in [0, 0.1) is 52.3 Å². The van der Waals surface area contributed by atoms with Crippen molar-refractivity contribution in [2.24, 2.45) is 52.3 Å². The van der Waals surface area contributed by atoms with Crippen molar-refractivity contribution in [1.29, 1.82) is 0 Å². The molecule has 3 fully saturated rings. The summed E-state index contributed by atoms with van der Waals surface area (Å²) in [6.45, 7) is 17.4. The first-order chi connectivity index (χ1) is 23.6. The van der Waals surface area contributed by atoms with E-state index < -0.39 is 0 Å². The molecule has 0 saturated heterocycles. The van der Waals surface area contributed by atoms with Gasteiger partial charge in [0.05, 0.1) is 0 Å². The van der Waals surface area contributed by atoms with E-state index >= 15 is 0 Å². The van der Waals surface area contributed by atoms with E-state index in [2.05, 4.69) is 91.0 Å². The smallest absolute Gasteiger partial charge is 0.306 e. The molecule has 49 heavy (non-hydrogen) atoms. The third-order valence-corrected chi connectivity index (χ3v) is 14.6. The van der Waals surface area contributed by atoms with Gasteiger partial charge in [-0.3, -0.25) is 4.79 Å². The van der Waals surface area contributed by atoms with Crippen LogP contribution in [-0.2, 0) is 9.53 Å². The minimum Gasteiger partial charge on any atom is -0.462 e. The standard InChI is InChI=1S/C47H78O2/c1-8-10-11-12-13-14-15-16-17-18-19-20-21-22-23-24-45(48)49-40-31-33-46(6)39(35-40)27-28-41-43-30-29-42(47(43,7)34-32-44(41)46)37(5)25-26-38(9-2)36(3)4/h13-14,16-17,19-20,27,36-38,40-44H,8-12,15,18,21-26,28-35H2,1-7H3/b14-13+,17-16+,20-19+/t37?,38-,40+,41-,42+,43-,44-,46-,47+/m0/s1. The Morgan fingerprint density at radius 2 is 1.53 bits per heavy atom. The maximum absolute atomic E-state index is 12.8. The first-order valence-corrected chi connectivity index (χ1v) is 21.5. The number of carbonyl (C=O) groups excluding carboxylic acids is 1. The summed E-state index contributed by atoms with van der Waals surface area (Å²) in [7, 11) is 0. The highest BCUT2D eigenvalue weighted by molar-refractivity contribution is 5.69. The summed E-state index contributed by atoms with van der Waals surface area (Å²) in [6.07, 6.45) is 41.6. The Morgan fingerprint density at radius 1 is 0.837 bits per heavy atom. The molecule has 4 aliphatic carbocycles. The van der Waals surface area contributed by atoms with E-state index in [0.29, 0.717) is 17.3 Å². The van der Waals surface area contributed by atoms with Crippen LogP contribution >= 0.6 is 0 Å². The van der Waals surface area contributed by atoms with Crippen molar-refractivity contribution in [1.82, 2.24) is 0 Å². The first-order valence-electron chi connectivity index (χ1n) is 21.5. The van der Waals surface area contributed by atoms with Crippen LogP contribution in [0.4, 0.5) is 0 Å². The maximum Gasteiger partial charge on any atom is 0.306 e. The lowest BCUT2D eigenvalue weighted by Crippen LogP contribution is -2.51. The van der Waals surface area contributed by atoms with Crippen LogP contribution in [0.3, 0.4) is 0 Å². The quantitative estimate of drug-likeness (QED) is 0.0730. The van der Waals surface area contributed by atoms with Crippen molar-refractivity contribution in [2.75, 3.05) is 0 Å². The molecule has 0 aliphatic heterocycles. The largest absolute Gasteiger partial charge is 0.462 e. The van der Waals surface area contributed by atoms with E-state index in [0.717, 1.165) is 86.4 Å². The summed E-state index contributed by atoms with van der Waals surface area (Å²) < 4.78 is 6.12. The zero-order chi connectivity index (χ0) is 35.3. The number of ether oxygens (including phenoxy) is 1. The highest BCUT2D eigenvalue weighted by Crippen LogP contribution is 2.67. The molecule has 0 heterocycles. The van der Waals surface area contributed by atoms with Gasteiger partial charge in [0.25, 0.3) is 0 Å². The molecule has 1 unspecified atom stereocenters. The molecule has 4 rings (SSSR count). The Kier molecular flexibility index (Phi) is 16.3. The third-order valence-electron chi connectivity index (χ3n) is 14.6. The van der Waals surface area contributed by atoms with E-state index in [1.807, 2.05) is 0 Å². The molecule has 0 amide bonds. The summed E-state index contributed by atoms with van der Waals surface area (Å²) in [5.41, 5.74) is 2.48. The lowest BCUT2D eigenvalue weighted by Gasteiger charge is -2.58. The molecular formula is C47H78O2. The average Bonchev–Trinajstić information content (AvgIpc) is 3.44. The first kappa shape index (κ1) is 40.2. The Labute approximate surface area is 304 Å². The Balaban J connectivity index is 1.16. The maximum atomic E-state index is 12.8. The van der Waals surface area contributed by atoms with Crippen LogP contribution in [0.5, 0.6) is 0 Å². The van der Waals surface area contributed by atoms with E-state index in [1.54, 1.807) is 5.57 Å². The summed E-state index contributed by atoms with van der Waals surface area (Å²) in [5.74, 6) is 6.07. The fourth-order valence-electron chi connectivity index (χ4n) is 11.5. The highest BCUT2D eigenvalue weighted by Gasteiger charge is 2.59. The molecule has 0 bridgehead atoms. The molecule has 0 aromatic rings. The van der Waals surface area contributed by atoms with Crippen molar-refractivity contribution < 1.29 is 9.53 Å². The summed E-state index contributed by atoms with van der Waals surface area (Å²) in [4.78, 5) is 12.8. The van der Waals surface area contributed by atoms with Gasteiger partial charge in [0.2, 0.25) is 0 Å². The van der Waals surface area contributed by atoms with Crippen molar-refractivity contribution in [2.45, 2.75) is 189 Å². The molecule has 4 aliphatic rings. The normalized spacial score (nSPS) is 32.7. The monoisotopic (exact) mass is 675 g/mol. The molecule has 0 radical (unpaired) electrons. The van der Waals surface area contributed by atoms with E-state index in [4.69, 9.17) is 4.74 Å². The molecule has 0 aromatic heterocycles. The predicted molar refractivity (Wildman–Crippen MR) is 211 cm³/mol. The van der Waals surface area contributed by atoms with E-state index in [9.17, 15) is 4.79 Å². The van der Waals surface area contributed by atoms with E-state index in [-0.39, 0.29) is 12.1 Å². The molecule has 9 atom stereocenters. The van der Waals surface area contributed by atoms with Crippen LogP contribution in [0.15, 0.2) is 48.1 Å². The number of allylic oxidation sites excluding steroid dienone is 7. The van der Waals surface area contributed by atoms with Crippen LogP contribution in [-0.4, -0.2) is 12.1 Å². The molecule has 0 spiro atoms. The average molecular weight is 675 g/mol. The van der Waals surface area contributed by atoms with E-state index in [1.165, 1.54) is 83.5 Å². The number of unbranched alkanes of at least 4 members (excludes halogenated alkanes) is 5. The summed E-state index contributed by atoms with van der Waals surface area (Å²) in [6, 6.07) is 0. The second-order valence-corrected chi connectivity index (χ2v) is 17.9. The minimum absolute atomic E-state index is 0.0238. The molecular weight excluding hydrogens is 597 g/mol. The topological polar surface area (TPSA) is 26.3 Å². The predicted octanol–water partition coefficient (Wildman–Crippen LogP) is 14.2. The molecule has 2 heteroatoms. The van der Waals surface area contributed by atoms with Crippen LogP contribution in [0.25, 0.3) is 0 Å². The number of esters is 1. The van der Waals surface area contributed by atoms with Crippen molar-refractivity contribution >= 4 is 5.97 Å². The Hall–Kier alpha value is -1.57. The summed E-state index contributed by atoms with van der Waals surface area (Å²) >= 11 is 0. The van der Waals surface area contributed by atoms with Gasteiger partial charge in [-0.25, -0.2) is 0 Å². The van der Waals surface area contributed by atoms with Gasteiger partial charge in [0.1, 0.15) is 6.10 Å². The SMILES string of the molecule is CCCCC/C=C/C/C=C/C/C=C/CCCCC(=O)O[C@@H]1CC[C@@]2(C)C(=CC[C@H]3[C@@H]4CC[C@H](C(C)CC[C@H](CC)C(C)C)[C@@]4(C)CC[C@@H]32)C1. The third kappa shape index (κ3) is 10.7. The van der Waals surface area contributed by atoms with Gasteiger partial charge in [0, 0.05) is 12.8 Å². The van der Waals surface area contributed by atoms with Crippen molar-refractivity contribution in [3.63, 3.8) is 0 Å². The fraction of sp³-hybridized carbons (Fsp3) is 0.809. The molecule has 0 N–H and O–H groups in total. The van der Waals surface area contributed by atoms with Gasteiger partial charge in [-0.1, -0.05) is 122 Å².